The maximum atomic E-state index is 11.5. The van der Waals surface area contributed by atoms with Crippen molar-refractivity contribution in [2.24, 2.45) is 0 Å². The Morgan fingerprint density at radius 1 is 1.53 bits per heavy atom. The number of fused-ring (bicyclic) bond motifs is 1. The van der Waals surface area contributed by atoms with Gasteiger partial charge in [0.15, 0.2) is 0 Å². The minimum Gasteiger partial charge on any atom is -0.480 e. The van der Waals surface area contributed by atoms with Crippen LogP contribution in [0.15, 0.2) is 18.2 Å². The molecule has 0 aromatic heterocycles. The second-order valence-corrected chi connectivity index (χ2v) is 3.81. The van der Waals surface area contributed by atoms with E-state index in [0.29, 0.717) is 17.0 Å². The molecule has 0 radical (unpaired) electrons. The Morgan fingerprint density at radius 3 is 2.93 bits per heavy atom. The van der Waals surface area contributed by atoms with Gasteiger partial charge < -0.3 is 10.4 Å². The summed E-state index contributed by atoms with van der Waals surface area (Å²) in [5.74, 6) is -1.41. The van der Waals surface area contributed by atoms with E-state index < -0.39 is 12.0 Å². The number of carbonyl (C=O) groups excluding carboxylic acids is 1. The quantitative estimate of drug-likeness (QED) is 0.752. The van der Waals surface area contributed by atoms with Gasteiger partial charge in [-0.05, 0) is 17.7 Å². The molecule has 2 N–H and O–H groups in total. The van der Waals surface area contributed by atoms with Crippen molar-refractivity contribution in [3.05, 3.63) is 34.3 Å². The zero-order valence-electron chi connectivity index (χ0n) is 7.66. The van der Waals surface area contributed by atoms with Crippen LogP contribution < -0.4 is 5.32 Å². The third-order valence-electron chi connectivity index (χ3n) is 2.34. The van der Waals surface area contributed by atoms with E-state index in [1.807, 2.05) is 0 Å². The Balaban J connectivity index is 2.41. The number of carbonyl (C=O) groups is 2. The van der Waals surface area contributed by atoms with Crippen LogP contribution in [0.5, 0.6) is 0 Å². The molecule has 5 heteroatoms. The van der Waals surface area contributed by atoms with E-state index in [1.54, 1.807) is 18.2 Å². The molecule has 0 spiro atoms. The minimum absolute atomic E-state index is 0.299. The lowest BCUT2D eigenvalue weighted by atomic mass is 9.95. The average Bonchev–Trinajstić information content (AvgIpc) is 2.18. The predicted octanol–water partition coefficient (Wildman–Crippen LogP) is 1.08. The number of amides is 1. The highest BCUT2D eigenvalue weighted by atomic mass is 35.5. The Hall–Kier alpha value is -1.55. The van der Waals surface area contributed by atoms with Gasteiger partial charge in [-0.15, -0.1) is 0 Å². The molecule has 4 nitrogen and oxygen atoms in total. The highest BCUT2D eigenvalue weighted by molar-refractivity contribution is 6.31. The molecule has 0 bridgehead atoms. The van der Waals surface area contributed by atoms with Crippen LogP contribution in [0.1, 0.15) is 15.9 Å². The molecule has 1 atom stereocenters. The molecule has 2 rings (SSSR count). The van der Waals surface area contributed by atoms with Gasteiger partial charge in [-0.25, -0.2) is 4.79 Å². The molecule has 1 heterocycles. The van der Waals surface area contributed by atoms with Gasteiger partial charge in [0.2, 0.25) is 0 Å². The van der Waals surface area contributed by atoms with Crippen molar-refractivity contribution >= 4 is 23.5 Å². The van der Waals surface area contributed by atoms with Crippen LogP contribution in [0, 0.1) is 0 Å². The fourth-order valence-electron chi connectivity index (χ4n) is 1.59. The lowest BCUT2D eigenvalue weighted by molar-refractivity contribution is -0.139. The predicted molar refractivity (Wildman–Crippen MR) is 54.0 cm³/mol. The molecule has 78 valence electrons. The first-order valence-electron chi connectivity index (χ1n) is 4.40. The Bertz CT molecular complexity index is 444. The third kappa shape index (κ3) is 1.80. The van der Waals surface area contributed by atoms with Crippen molar-refractivity contribution in [3.63, 3.8) is 0 Å². The molecular formula is C10H8ClNO3. The van der Waals surface area contributed by atoms with Crippen molar-refractivity contribution in [2.45, 2.75) is 12.5 Å². The van der Waals surface area contributed by atoms with Crippen LogP contribution in [0.3, 0.4) is 0 Å². The first kappa shape index (κ1) is 9.98. The van der Waals surface area contributed by atoms with Crippen LogP contribution >= 0.6 is 11.6 Å². The molecule has 15 heavy (non-hydrogen) atoms. The van der Waals surface area contributed by atoms with E-state index in [2.05, 4.69) is 5.32 Å². The van der Waals surface area contributed by atoms with Gasteiger partial charge in [-0.2, -0.15) is 0 Å². The van der Waals surface area contributed by atoms with E-state index in [-0.39, 0.29) is 5.91 Å². The van der Waals surface area contributed by atoms with Crippen LogP contribution in [0.25, 0.3) is 0 Å². The SMILES string of the molecule is O=C1NC(C(=O)O)Cc2ccc(Cl)cc21. The molecule has 1 amide bonds. The van der Waals surface area contributed by atoms with E-state index in [0.717, 1.165) is 5.56 Å². The molecule has 1 aromatic rings. The molecule has 1 unspecified atom stereocenters. The minimum atomic E-state index is -1.02. The van der Waals surface area contributed by atoms with Gasteiger partial charge in [-0.3, -0.25) is 4.79 Å². The number of aliphatic carboxylic acids is 1. The summed E-state index contributed by atoms with van der Waals surface area (Å²) < 4.78 is 0. The van der Waals surface area contributed by atoms with Crippen molar-refractivity contribution in [2.75, 3.05) is 0 Å². The number of rotatable bonds is 1. The maximum Gasteiger partial charge on any atom is 0.326 e. The smallest absolute Gasteiger partial charge is 0.326 e. The number of hydrogen-bond acceptors (Lipinski definition) is 2. The zero-order valence-corrected chi connectivity index (χ0v) is 8.41. The number of halogens is 1. The van der Waals surface area contributed by atoms with Gasteiger partial charge in [0, 0.05) is 17.0 Å². The van der Waals surface area contributed by atoms with E-state index in [9.17, 15) is 9.59 Å². The van der Waals surface area contributed by atoms with Gasteiger partial charge in [-0.1, -0.05) is 17.7 Å². The molecule has 0 saturated carbocycles. The number of nitrogens with one attached hydrogen (secondary N) is 1. The van der Waals surface area contributed by atoms with Crippen molar-refractivity contribution in [1.82, 2.24) is 5.32 Å². The second-order valence-electron chi connectivity index (χ2n) is 3.37. The van der Waals surface area contributed by atoms with Crippen LogP contribution in [-0.4, -0.2) is 23.0 Å². The fourth-order valence-corrected chi connectivity index (χ4v) is 1.77. The normalized spacial score (nSPS) is 19.3. The molecule has 1 aliphatic rings. The molecule has 0 saturated heterocycles. The Labute approximate surface area is 90.9 Å². The van der Waals surface area contributed by atoms with Crippen molar-refractivity contribution in [3.8, 4) is 0 Å². The number of benzene rings is 1. The largest absolute Gasteiger partial charge is 0.480 e. The Kier molecular flexibility index (Phi) is 2.36. The van der Waals surface area contributed by atoms with Crippen LogP contribution in [0.2, 0.25) is 5.02 Å². The third-order valence-corrected chi connectivity index (χ3v) is 2.58. The molecule has 1 aliphatic heterocycles. The lowest BCUT2D eigenvalue weighted by Gasteiger charge is -2.22. The highest BCUT2D eigenvalue weighted by Crippen LogP contribution is 2.21. The van der Waals surface area contributed by atoms with Crippen molar-refractivity contribution in [1.29, 1.82) is 0 Å². The number of hydrogen-bond donors (Lipinski definition) is 2. The summed E-state index contributed by atoms with van der Waals surface area (Å²) in [5, 5.41) is 11.7. The summed E-state index contributed by atoms with van der Waals surface area (Å²) in [4.78, 5) is 22.3. The Morgan fingerprint density at radius 2 is 2.27 bits per heavy atom. The fraction of sp³-hybridized carbons (Fsp3) is 0.200. The first-order valence-corrected chi connectivity index (χ1v) is 4.78. The van der Waals surface area contributed by atoms with Gasteiger partial charge in [0.05, 0.1) is 0 Å². The lowest BCUT2D eigenvalue weighted by Crippen LogP contribution is -2.46. The molecule has 0 fully saturated rings. The molecular weight excluding hydrogens is 218 g/mol. The summed E-state index contributed by atoms with van der Waals surface area (Å²) in [6.45, 7) is 0. The summed E-state index contributed by atoms with van der Waals surface area (Å²) in [6, 6.07) is 4.04. The van der Waals surface area contributed by atoms with E-state index in [4.69, 9.17) is 16.7 Å². The van der Waals surface area contributed by atoms with Gasteiger partial charge in [0.1, 0.15) is 6.04 Å². The second kappa shape index (κ2) is 3.55. The number of carboxylic acid groups (broad SMARTS) is 1. The van der Waals surface area contributed by atoms with Crippen LogP contribution in [0.4, 0.5) is 0 Å². The van der Waals surface area contributed by atoms with E-state index in [1.165, 1.54) is 0 Å². The summed E-state index contributed by atoms with van der Waals surface area (Å²) in [5.41, 5.74) is 1.18. The summed E-state index contributed by atoms with van der Waals surface area (Å²) >= 11 is 5.74. The van der Waals surface area contributed by atoms with Crippen LogP contribution in [-0.2, 0) is 11.2 Å². The topological polar surface area (TPSA) is 66.4 Å². The monoisotopic (exact) mass is 225 g/mol. The first-order chi connectivity index (χ1) is 7.08. The average molecular weight is 226 g/mol. The maximum absolute atomic E-state index is 11.5. The summed E-state index contributed by atoms with van der Waals surface area (Å²) in [6.07, 6.45) is 0.299. The van der Waals surface area contributed by atoms with Gasteiger partial charge in [0.25, 0.3) is 5.91 Å². The molecule has 1 aromatic carbocycles. The number of carboxylic acids is 1. The van der Waals surface area contributed by atoms with Gasteiger partial charge >= 0.3 is 5.97 Å². The van der Waals surface area contributed by atoms with E-state index >= 15 is 0 Å². The zero-order chi connectivity index (χ0) is 11.0. The molecule has 0 aliphatic carbocycles. The van der Waals surface area contributed by atoms with Crippen molar-refractivity contribution < 1.29 is 14.7 Å². The standard InChI is InChI=1S/C10H8ClNO3/c11-6-2-1-5-3-8(10(14)15)12-9(13)7(5)4-6/h1-2,4,8H,3H2,(H,12,13)(H,14,15). The highest BCUT2D eigenvalue weighted by Gasteiger charge is 2.28. The summed E-state index contributed by atoms with van der Waals surface area (Å²) in [7, 11) is 0.